The van der Waals surface area contributed by atoms with Crippen LogP contribution in [0.15, 0.2) is 22.7 Å². The maximum Gasteiger partial charge on any atom is 0.257 e. The molecule has 2 N–H and O–H groups in total. The van der Waals surface area contributed by atoms with Gasteiger partial charge < -0.3 is 15.2 Å². The van der Waals surface area contributed by atoms with E-state index >= 15 is 0 Å². The van der Waals surface area contributed by atoms with Crippen molar-refractivity contribution in [2.45, 2.75) is 83.2 Å². The molecule has 2 saturated carbocycles. The summed E-state index contributed by atoms with van der Waals surface area (Å²) in [5.41, 5.74) is 3.37. The summed E-state index contributed by atoms with van der Waals surface area (Å²) in [4.78, 5) is 4.39. The van der Waals surface area contributed by atoms with E-state index in [0.717, 1.165) is 5.56 Å². The Morgan fingerprint density at radius 2 is 1.46 bits per heavy atom. The van der Waals surface area contributed by atoms with Gasteiger partial charge in [-0.15, -0.1) is 0 Å². The molecule has 1 aromatic carbocycles. The second-order valence-corrected chi connectivity index (χ2v) is 7.87. The van der Waals surface area contributed by atoms with Gasteiger partial charge in [-0.25, -0.2) is 0 Å². The van der Waals surface area contributed by atoms with E-state index in [2.05, 4.69) is 39.0 Å². The van der Waals surface area contributed by atoms with E-state index in [-0.39, 0.29) is 0 Å². The highest BCUT2D eigenvalue weighted by atomic mass is 16.5. The summed E-state index contributed by atoms with van der Waals surface area (Å²) in [6.45, 7) is 1.85. The molecule has 140 valence electrons. The Morgan fingerprint density at radius 3 is 2.04 bits per heavy atom. The lowest BCUT2D eigenvalue weighted by atomic mass is 9.94. The molecule has 2 fully saturated rings. The lowest BCUT2D eigenvalue weighted by molar-refractivity contribution is 0.425. The van der Waals surface area contributed by atoms with E-state index in [1.807, 2.05) is 6.92 Å². The number of benzene rings is 1. The fraction of sp³-hybridized carbons (Fsp3) is 0.619. The van der Waals surface area contributed by atoms with Gasteiger partial charge in [-0.3, -0.25) is 0 Å². The Labute approximate surface area is 156 Å². The molecular weight excluding hydrogens is 324 g/mol. The molecule has 5 nitrogen and oxygen atoms in total. The molecule has 0 saturated heterocycles. The van der Waals surface area contributed by atoms with Crippen LogP contribution >= 0.6 is 0 Å². The lowest BCUT2D eigenvalue weighted by Crippen LogP contribution is -2.25. The number of nitrogens with zero attached hydrogens (tertiary/aromatic N) is 2. The number of rotatable bonds is 5. The van der Waals surface area contributed by atoms with Crippen LogP contribution in [0.25, 0.3) is 11.5 Å². The predicted octanol–water partition coefficient (Wildman–Crippen LogP) is 5.53. The number of hydrogen-bond donors (Lipinski definition) is 2. The van der Waals surface area contributed by atoms with Gasteiger partial charge in [0.1, 0.15) is 0 Å². The largest absolute Gasteiger partial charge is 0.381 e. The Morgan fingerprint density at radius 1 is 0.846 bits per heavy atom. The SMILES string of the molecule is Cc1noc(-c2ccc(NC3CCCCC3)c(NC3CCCCC3)c2)n1. The van der Waals surface area contributed by atoms with Crippen LogP contribution in [0.4, 0.5) is 11.4 Å². The van der Waals surface area contributed by atoms with Gasteiger partial charge in [0.25, 0.3) is 5.89 Å². The molecule has 0 unspecified atom stereocenters. The second-order valence-electron chi connectivity index (χ2n) is 7.87. The minimum absolute atomic E-state index is 0.565. The van der Waals surface area contributed by atoms with Crippen LogP contribution in [0.3, 0.4) is 0 Å². The normalized spacial score (nSPS) is 19.4. The zero-order valence-corrected chi connectivity index (χ0v) is 15.8. The molecule has 5 heteroatoms. The van der Waals surface area contributed by atoms with E-state index in [9.17, 15) is 0 Å². The molecule has 2 aliphatic carbocycles. The number of anilines is 2. The average Bonchev–Trinajstić information content (AvgIpc) is 3.11. The quantitative estimate of drug-likeness (QED) is 0.738. The van der Waals surface area contributed by atoms with Crippen molar-refractivity contribution in [3.8, 4) is 11.5 Å². The van der Waals surface area contributed by atoms with E-state index in [0.29, 0.717) is 23.8 Å². The third-order valence-electron chi connectivity index (χ3n) is 5.72. The standard InChI is InChI=1S/C21H30N4O/c1-15-22-21(26-25-15)16-12-13-19(23-17-8-4-2-5-9-17)20(14-16)24-18-10-6-3-7-11-18/h12-14,17-18,23-24H,2-11H2,1H3. The van der Waals surface area contributed by atoms with Gasteiger partial charge in [0, 0.05) is 17.6 Å². The molecule has 26 heavy (non-hydrogen) atoms. The third-order valence-corrected chi connectivity index (χ3v) is 5.72. The van der Waals surface area contributed by atoms with Crippen molar-refractivity contribution < 1.29 is 4.52 Å². The van der Waals surface area contributed by atoms with Gasteiger partial charge in [-0.05, 0) is 50.8 Å². The smallest absolute Gasteiger partial charge is 0.257 e. The van der Waals surface area contributed by atoms with E-state index in [4.69, 9.17) is 4.52 Å². The Balaban J connectivity index is 1.58. The van der Waals surface area contributed by atoms with Crippen LogP contribution in [0.5, 0.6) is 0 Å². The van der Waals surface area contributed by atoms with Gasteiger partial charge >= 0.3 is 0 Å². The van der Waals surface area contributed by atoms with Crippen LogP contribution in [-0.2, 0) is 0 Å². The highest BCUT2D eigenvalue weighted by Gasteiger charge is 2.19. The summed E-state index contributed by atoms with van der Waals surface area (Å²) >= 11 is 0. The maximum atomic E-state index is 5.38. The molecule has 4 rings (SSSR count). The molecule has 2 aliphatic rings. The lowest BCUT2D eigenvalue weighted by Gasteiger charge is -2.28. The van der Waals surface area contributed by atoms with E-state index < -0.39 is 0 Å². The predicted molar refractivity (Wildman–Crippen MR) is 105 cm³/mol. The first-order chi connectivity index (χ1) is 12.8. The van der Waals surface area contributed by atoms with Gasteiger partial charge in [-0.2, -0.15) is 4.98 Å². The van der Waals surface area contributed by atoms with Gasteiger partial charge in [-0.1, -0.05) is 43.7 Å². The first-order valence-corrected chi connectivity index (χ1v) is 10.3. The average molecular weight is 354 g/mol. The molecule has 0 aliphatic heterocycles. The van der Waals surface area contributed by atoms with Crippen LogP contribution in [0.2, 0.25) is 0 Å². The van der Waals surface area contributed by atoms with Gasteiger partial charge in [0.05, 0.1) is 11.4 Å². The van der Waals surface area contributed by atoms with Crippen molar-refractivity contribution in [1.29, 1.82) is 0 Å². The van der Waals surface area contributed by atoms with E-state index in [1.54, 1.807) is 0 Å². The number of aryl methyl sites for hydroxylation is 1. The summed E-state index contributed by atoms with van der Waals surface area (Å²) in [6.07, 6.45) is 13.1. The topological polar surface area (TPSA) is 63.0 Å². The first-order valence-electron chi connectivity index (χ1n) is 10.3. The van der Waals surface area contributed by atoms with Crippen molar-refractivity contribution >= 4 is 11.4 Å². The minimum Gasteiger partial charge on any atom is -0.381 e. The van der Waals surface area contributed by atoms with Crippen LogP contribution in [0.1, 0.15) is 70.0 Å². The molecule has 0 amide bonds. The highest BCUT2D eigenvalue weighted by Crippen LogP contribution is 2.33. The summed E-state index contributed by atoms with van der Waals surface area (Å²) in [5, 5.41) is 11.5. The molecule has 1 aromatic heterocycles. The number of hydrogen-bond acceptors (Lipinski definition) is 5. The monoisotopic (exact) mass is 354 g/mol. The third kappa shape index (κ3) is 4.19. The van der Waals surface area contributed by atoms with Crippen molar-refractivity contribution in [1.82, 2.24) is 10.1 Å². The van der Waals surface area contributed by atoms with Crippen molar-refractivity contribution in [2.24, 2.45) is 0 Å². The Hall–Kier alpha value is -2.04. The number of aromatic nitrogens is 2. The fourth-order valence-corrected chi connectivity index (χ4v) is 4.27. The first kappa shape index (κ1) is 17.4. The van der Waals surface area contributed by atoms with Crippen molar-refractivity contribution in [2.75, 3.05) is 10.6 Å². The molecule has 0 atom stereocenters. The molecule has 2 aromatic rings. The Kier molecular flexibility index (Phi) is 5.42. The molecule has 0 spiro atoms. The number of nitrogens with one attached hydrogen (secondary N) is 2. The molecular formula is C21H30N4O. The van der Waals surface area contributed by atoms with Crippen molar-refractivity contribution in [3.63, 3.8) is 0 Å². The maximum absolute atomic E-state index is 5.38. The summed E-state index contributed by atoms with van der Waals surface area (Å²) < 4.78 is 5.38. The van der Waals surface area contributed by atoms with E-state index in [1.165, 1.54) is 75.6 Å². The van der Waals surface area contributed by atoms with Gasteiger partial charge in [0.2, 0.25) is 0 Å². The molecule has 0 radical (unpaired) electrons. The fourth-order valence-electron chi connectivity index (χ4n) is 4.27. The summed E-state index contributed by atoms with van der Waals surface area (Å²) in [6, 6.07) is 7.59. The minimum atomic E-state index is 0.565. The zero-order chi connectivity index (χ0) is 17.8. The van der Waals surface area contributed by atoms with Crippen LogP contribution in [0, 0.1) is 6.92 Å². The second kappa shape index (κ2) is 8.11. The van der Waals surface area contributed by atoms with Gasteiger partial charge in [0.15, 0.2) is 5.82 Å². The summed E-state index contributed by atoms with van der Waals surface area (Å²) in [7, 11) is 0. The van der Waals surface area contributed by atoms with Crippen molar-refractivity contribution in [3.05, 3.63) is 24.0 Å². The zero-order valence-electron chi connectivity index (χ0n) is 15.8. The molecule has 1 heterocycles. The summed E-state index contributed by atoms with van der Waals surface area (Å²) in [5.74, 6) is 1.27. The Bertz CT molecular complexity index is 715. The van der Waals surface area contributed by atoms with Crippen LogP contribution in [-0.4, -0.2) is 22.2 Å². The highest BCUT2D eigenvalue weighted by molar-refractivity contribution is 5.75. The molecule has 0 bridgehead atoms. The van der Waals surface area contributed by atoms with Crippen LogP contribution < -0.4 is 10.6 Å².